The van der Waals surface area contributed by atoms with E-state index in [-0.39, 0.29) is 17.8 Å². The monoisotopic (exact) mass is 468 g/mol. The van der Waals surface area contributed by atoms with Gasteiger partial charge in [-0.15, -0.1) is 0 Å². The number of rotatable bonds is 8. The Bertz CT molecular complexity index is 1450. The number of carboxylic acid groups (broad SMARTS) is 1. The maximum atomic E-state index is 13.4. The van der Waals surface area contributed by atoms with Gasteiger partial charge in [-0.1, -0.05) is 74.0 Å². The lowest BCUT2D eigenvalue weighted by Crippen LogP contribution is -2.31. The number of carbonyl (C=O) groups excluding carboxylic acids is 2. The fourth-order valence-electron chi connectivity index (χ4n) is 4.19. The van der Waals surface area contributed by atoms with Crippen LogP contribution in [-0.4, -0.2) is 32.4 Å². The molecule has 0 spiro atoms. The van der Waals surface area contributed by atoms with Crippen LogP contribution in [0, 0.1) is 0 Å². The average Bonchev–Trinajstić information content (AvgIpc) is 3.15. The first-order chi connectivity index (χ1) is 17.0. The minimum absolute atomic E-state index is 0.0673. The lowest BCUT2D eigenvalue weighted by Gasteiger charge is -2.10. The first kappa shape index (κ1) is 23.6. The van der Waals surface area contributed by atoms with Crippen LogP contribution >= 0.6 is 0 Å². The van der Waals surface area contributed by atoms with E-state index in [1.165, 1.54) is 4.57 Å². The molecule has 176 valence electrons. The standard InChI is InChI=1S/C28H24N2O5/c1-2-8-24-25(18-31)30(26(32)21-9-4-3-5-10-21)28(35)29(24)17-19-13-15-20(16-14-19)22-11-6-7-12-23(22)27(33)34/h3-7,9-16,18H,2,8,17H2,1H3,(H,33,34). The van der Waals surface area contributed by atoms with Gasteiger partial charge in [-0.05, 0) is 41.3 Å². The van der Waals surface area contributed by atoms with Crippen LogP contribution in [0.15, 0.2) is 83.7 Å². The summed E-state index contributed by atoms with van der Waals surface area (Å²) in [5.41, 5.74) is 2.65. The predicted octanol–water partition coefficient (Wildman–Crippen LogP) is 4.52. The zero-order valence-corrected chi connectivity index (χ0v) is 19.2. The number of carboxylic acids is 1. The summed E-state index contributed by atoms with van der Waals surface area (Å²) in [6.45, 7) is 2.11. The number of aromatic nitrogens is 2. The van der Waals surface area contributed by atoms with E-state index in [1.807, 2.05) is 19.1 Å². The molecule has 7 heteroatoms. The summed E-state index contributed by atoms with van der Waals surface area (Å²) in [5.74, 6) is -1.55. The first-order valence-electron chi connectivity index (χ1n) is 11.3. The Morgan fingerprint density at radius 2 is 1.57 bits per heavy atom. The van der Waals surface area contributed by atoms with Gasteiger partial charge in [0.2, 0.25) is 0 Å². The molecule has 0 radical (unpaired) electrons. The number of hydrogen-bond donors (Lipinski definition) is 1. The molecule has 0 saturated carbocycles. The fraction of sp³-hybridized carbons (Fsp3) is 0.143. The zero-order valence-electron chi connectivity index (χ0n) is 19.2. The topological polar surface area (TPSA) is 98.4 Å². The Morgan fingerprint density at radius 3 is 2.20 bits per heavy atom. The number of carbonyl (C=O) groups is 3. The number of aromatic carboxylic acids is 1. The summed E-state index contributed by atoms with van der Waals surface area (Å²) in [6, 6.07) is 22.4. The average molecular weight is 469 g/mol. The van der Waals surface area contributed by atoms with Crippen molar-refractivity contribution in [1.82, 2.24) is 9.13 Å². The number of nitrogens with zero attached hydrogens (tertiary/aromatic N) is 2. The Hall–Kier alpha value is -4.52. The molecule has 0 atom stereocenters. The summed E-state index contributed by atoms with van der Waals surface area (Å²) >= 11 is 0. The smallest absolute Gasteiger partial charge is 0.336 e. The molecule has 35 heavy (non-hydrogen) atoms. The highest BCUT2D eigenvalue weighted by molar-refractivity contribution is 5.99. The summed E-state index contributed by atoms with van der Waals surface area (Å²) < 4.78 is 2.42. The highest BCUT2D eigenvalue weighted by Crippen LogP contribution is 2.24. The van der Waals surface area contributed by atoms with Gasteiger partial charge in [-0.25, -0.2) is 14.2 Å². The van der Waals surface area contributed by atoms with Gasteiger partial charge in [-0.3, -0.25) is 14.2 Å². The van der Waals surface area contributed by atoms with Crippen LogP contribution in [0.1, 0.15) is 55.8 Å². The fourth-order valence-corrected chi connectivity index (χ4v) is 4.19. The molecule has 1 N–H and O–H groups in total. The third-order valence-electron chi connectivity index (χ3n) is 5.87. The van der Waals surface area contributed by atoms with Crippen LogP contribution in [-0.2, 0) is 13.0 Å². The molecule has 7 nitrogen and oxygen atoms in total. The number of aldehydes is 1. The van der Waals surface area contributed by atoms with Crippen LogP contribution in [0.4, 0.5) is 0 Å². The summed E-state index contributed by atoms with van der Waals surface area (Å²) in [4.78, 5) is 50.0. The van der Waals surface area contributed by atoms with E-state index in [4.69, 9.17) is 0 Å². The van der Waals surface area contributed by atoms with Crippen molar-refractivity contribution in [1.29, 1.82) is 0 Å². The van der Waals surface area contributed by atoms with Crippen molar-refractivity contribution < 1.29 is 19.5 Å². The quantitative estimate of drug-likeness (QED) is 0.384. The minimum atomic E-state index is -1.01. The minimum Gasteiger partial charge on any atom is -0.478 e. The molecule has 3 aromatic carbocycles. The molecular weight excluding hydrogens is 444 g/mol. The van der Waals surface area contributed by atoms with Crippen LogP contribution in [0.3, 0.4) is 0 Å². The van der Waals surface area contributed by atoms with Gasteiger partial charge in [-0.2, -0.15) is 0 Å². The Labute approximate surface area is 201 Å². The molecule has 0 unspecified atom stereocenters. The second kappa shape index (κ2) is 10.2. The largest absolute Gasteiger partial charge is 0.478 e. The molecule has 0 aliphatic carbocycles. The number of hydrogen-bond acceptors (Lipinski definition) is 4. The molecule has 0 saturated heterocycles. The molecular formula is C28H24N2O5. The molecule has 4 rings (SSSR count). The van der Waals surface area contributed by atoms with Crippen molar-refractivity contribution in [2.45, 2.75) is 26.3 Å². The van der Waals surface area contributed by atoms with Gasteiger partial charge in [0, 0.05) is 5.56 Å². The van der Waals surface area contributed by atoms with E-state index in [0.29, 0.717) is 35.9 Å². The predicted molar refractivity (Wildman–Crippen MR) is 132 cm³/mol. The van der Waals surface area contributed by atoms with Crippen molar-refractivity contribution in [2.24, 2.45) is 0 Å². The highest BCUT2D eigenvalue weighted by atomic mass is 16.4. The summed E-state index contributed by atoms with van der Waals surface area (Å²) in [5, 5.41) is 9.47. The summed E-state index contributed by atoms with van der Waals surface area (Å²) in [7, 11) is 0. The van der Waals surface area contributed by atoms with Gasteiger partial charge < -0.3 is 5.11 Å². The Morgan fingerprint density at radius 1 is 0.914 bits per heavy atom. The normalized spacial score (nSPS) is 10.8. The van der Waals surface area contributed by atoms with E-state index >= 15 is 0 Å². The number of imidazole rings is 1. The van der Waals surface area contributed by atoms with Crippen molar-refractivity contribution in [3.8, 4) is 11.1 Å². The molecule has 4 aromatic rings. The molecule has 0 amide bonds. The maximum Gasteiger partial charge on any atom is 0.336 e. The van der Waals surface area contributed by atoms with E-state index in [2.05, 4.69) is 0 Å². The first-order valence-corrected chi connectivity index (χ1v) is 11.3. The van der Waals surface area contributed by atoms with Crippen molar-refractivity contribution in [3.05, 3.63) is 117 Å². The van der Waals surface area contributed by atoms with Crippen molar-refractivity contribution >= 4 is 18.2 Å². The van der Waals surface area contributed by atoms with E-state index < -0.39 is 17.6 Å². The molecule has 0 fully saturated rings. The molecule has 0 bridgehead atoms. The van der Waals surface area contributed by atoms with Crippen LogP contribution in [0.2, 0.25) is 0 Å². The van der Waals surface area contributed by atoms with Crippen LogP contribution < -0.4 is 5.69 Å². The van der Waals surface area contributed by atoms with E-state index in [9.17, 15) is 24.3 Å². The van der Waals surface area contributed by atoms with E-state index in [0.717, 1.165) is 15.7 Å². The second-order valence-electron chi connectivity index (χ2n) is 8.12. The maximum absolute atomic E-state index is 13.4. The lowest BCUT2D eigenvalue weighted by molar-refractivity contribution is 0.0697. The van der Waals surface area contributed by atoms with Gasteiger partial charge in [0.05, 0.1) is 17.8 Å². The Balaban J connectivity index is 1.74. The van der Waals surface area contributed by atoms with Crippen LogP contribution in [0.25, 0.3) is 11.1 Å². The Kier molecular flexibility index (Phi) is 6.87. The number of benzene rings is 3. The molecule has 1 aromatic heterocycles. The second-order valence-corrected chi connectivity index (χ2v) is 8.12. The third-order valence-corrected chi connectivity index (χ3v) is 5.87. The zero-order chi connectivity index (χ0) is 24.9. The summed E-state index contributed by atoms with van der Waals surface area (Å²) in [6.07, 6.45) is 1.72. The van der Waals surface area contributed by atoms with Crippen molar-refractivity contribution in [3.63, 3.8) is 0 Å². The van der Waals surface area contributed by atoms with Gasteiger partial charge in [0.1, 0.15) is 5.69 Å². The highest BCUT2D eigenvalue weighted by Gasteiger charge is 2.24. The van der Waals surface area contributed by atoms with E-state index in [1.54, 1.807) is 66.7 Å². The van der Waals surface area contributed by atoms with Gasteiger partial charge >= 0.3 is 11.7 Å². The lowest BCUT2D eigenvalue weighted by atomic mass is 9.99. The molecule has 0 aliphatic heterocycles. The van der Waals surface area contributed by atoms with Crippen LogP contribution in [0.5, 0.6) is 0 Å². The molecule has 0 aliphatic rings. The SMILES string of the molecule is CCCc1c(C=O)n(C(=O)c2ccccc2)c(=O)n1Cc1ccc(-c2ccccc2C(=O)O)cc1. The van der Waals surface area contributed by atoms with Gasteiger partial charge in [0.15, 0.2) is 6.29 Å². The molecule has 1 heterocycles. The third kappa shape index (κ3) is 4.61. The van der Waals surface area contributed by atoms with Crippen molar-refractivity contribution in [2.75, 3.05) is 0 Å². The van der Waals surface area contributed by atoms with Gasteiger partial charge in [0.25, 0.3) is 5.91 Å².